The van der Waals surface area contributed by atoms with Gasteiger partial charge < -0.3 is 15.7 Å². The highest BCUT2D eigenvalue weighted by atomic mass is 16.3. The predicted molar refractivity (Wildman–Crippen MR) is 76.6 cm³/mol. The van der Waals surface area contributed by atoms with Gasteiger partial charge in [-0.25, -0.2) is 4.79 Å². The third kappa shape index (κ3) is 3.27. The zero-order valence-electron chi connectivity index (χ0n) is 10.8. The molecule has 0 aromatic heterocycles. The minimum absolute atomic E-state index is 0.120. The summed E-state index contributed by atoms with van der Waals surface area (Å²) in [5.74, 6) is 0.120. The van der Waals surface area contributed by atoms with E-state index in [1.807, 2.05) is 6.07 Å². The molecule has 0 radical (unpaired) electrons. The summed E-state index contributed by atoms with van der Waals surface area (Å²) in [6.07, 6.45) is 0. The number of aryl methyl sites for hydroxylation is 1. The van der Waals surface area contributed by atoms with E-state index in [2.05, 4.69) is 10.6 Å². The molecular formula is C15H13N3O2. The van der Waals surface area contributed by atoms with Crippen molar-refractivity contribution in [3.63, 3.8) is 0 Å². The van der Waals surface area contributed by atoms with Crippen LogP contribution in [0.15, 0.2) is 42.5 Å². The van der Waals surface area contributed by atoms with Gasteiger partial charge in [-0.1, -0.05) is 12.1 Å². The van der Waals surface area contributed by atoms with Crippen LogP contribution < -0.4 is 10.6 Å². The summed E-state index contributed by atoms with van der Waals surface area (Å²) in [4.78, 5) is 11.8. The molecule has 0 fully saturated rings. The number of nitriles is 1. The monoisotopic (exact) mass is 267 g/mol. The number of amides is 2. The first-order chi connectivity index (χ1) is 9.58. The second-order valence-electron chi connectivity index (χ2n) is 4.27. The van der Waals surface area contributed by atoms with Gasteiger partial charge in [-0.15, -0.1) is 0 Å². The molecular weight excluding hydrogens is 254 g/mol. The van der Waals surface area contributed by atoms with Crippen molar-refractivity contribution < 1.29 is 9.90 Å². The Morgan fingerprint density at radius 3 is 2.50 bits per heavy atom. The molecule has 2 rings (SSSR count). The van der Waals surface area contributed by atoms with Crippen molar-refractivity contribution in [2.75, 3.05) is 10.6 Å². The van der Waals surface area contributed by atoms with Gasteiger partial charge in [0.2, 0.25) is 0 Å². The summed E-state index contributed by atoms with van der Waals surface area (Å²) in [6, 6.07) is 13.0. The van der Waals surface area contributed by atoms with E-state index in [1.165, 1.54) is 6.07 Å². The number of carbonyl (C=O) groups excluding carboxylic acids is 1. The Bertz CT molecular complexity index is 690. The molecule has 5 nitrogen and oxygen atoms in total. The minimum atomic E-state index is -0.441. The third-order valence-corrected chi connectivity index (χ3v) is 2.72. The lowest BCUT2D eigenvalue weighted by molar-refractivity contribution is 0.262. The first kappa shape index (κ1) is 13.4. The first-order valence-corrected chi connectivity index (χ1v) is 5.96. The second-order valence-corrected chi connectivity index (χ2v) is 4.27. The molecule has 2 aromatic carbocycles. The average Bonchev–Trinajstić information content (AvgIpc) is 2.43. The Morgan fingerprint density at radius 2 is 1.85 bits per heavy atom. The van der Waals surface area contributed by atoms with Gasteiger partial charge in [-0.2, -0.15) is 5.26 Å². The number of rotatable bonds is 2. The summed E-state index contributed by atoms with van der Waals surface area (Å²) in [5.41, 5.74) is 2.22. The van der Waals surface area contributed by atoms with Crippen LogP contribution in [0.2, 0.25) is 0 Å². The zero-order valence-corrected chi connectivity index (χ0v) is 10.8. The molecule has 100 valence electrons. The summed E-state index contributed by atoms with van der Waals surface area (Å²) in [5, 5.41) is 23.6. The lowest BCUT2D eigenvalue weighted by atomic mass is 10.2. The molecule has 0 heterocycles. The fourth-order valence-corrected chi connectivity index (χ4v) is 1.65. The summed E-state index contributed by atoms with van der Waals surface area (Å²) in [6.45, 7) is 1.77. The topological polar surface area (TPSA) is 85.2 Å². The van der Waals surface area contributed by atoms with Gasteiger partial charge in [0.15, 0.2) is 0 Å². The van der Waals surface area contributed by atoms with Crippen molar-refractivity contribution in [2.45, 2.75) is 6.92 Å². The maximum Gasteiger partial charge on any atom is 0.323 e. The predicted octanol–water partition coefficient (Wildman–Crippen LogP) is 3.22. The molecule has 2 amide bonds. The van der Waals surface area contributed by atoms with E-state index >= 15 is 0 Å². The number of nitrogens with zero attached hydrogens (tertiary/aromatic N) is 1. The highest BCUT2D eigenvalue weighted by Crippen LogP contribution is 2.21. The van der Waals surface area contributed by atoms with Gasteiger partial charge >= 0.3 is 6.03 Å². The van der Waals surface area contributed by atoms with Crippen LogP contribution in [0, 0.1) is 18.3 Å². The summed E-state index contributed by atoms with van der Waals surface area (Å²) < 4.78 is 0. The van der Waals surface area contributed by atoms with Gasteiger partial charge in [-0.3, -0.25) is 0 Å². The first-order valence-electron chi connectivity index (χ1n) is 5.96. The summed E-state index contributed by atoms with van der Waals surface area (Å²) in [7, 11) is 0. The number of aromatic hydroxyl groups is 1. The van der Waals surface area contributed by atoms with Crippen LogP contribution in [-0.4, -0.2) is 11.1 Å². The van der Waals surface area contributed by atoms with Crippen LogP contribution in [0.4, 0.5) is 16.2 Å². The van der Waals surface area contributed by atoms with Gasteiger partial charge in [0.05, 0.1) is 11.6 Å². The highest BCUT2D eigenvalue weighted by Gasteiger charge is 2.05. The van der Waals surface area contributed by atoms with E-state index in [0.29, 0.717) is 16.9 Å². The van der Waals surface area contributed by atoms with E-state index in [4.69, 9.17) is 5.26 Å². The maximum absolute atomic E-state index is 11.8. The Hall–Kier alpha value is -3.00. The van der Waals surface area contributed by atoms with Crippen molar-refractivity contribution in [2.24, 2.45) is 0 Å². The molecule has 0 aliphatic heterocycles. The lowest BCUT2D eigenvalue weighted by Gasteiger charge is -2.09. The Balaban J connectivity index is 2.05. The molecule has 0 saturated carbocycles. The SMILES string of the molecule is Cc1ccc(NC(=O)Nc2cccc(C#N)c2)cc1O. The highest BCUT2D eigenvalue weighted by molar-refractivity contribution is 5.99. The molecule has 2 aromatic rings. The molecule has 0 aliphatic carbocycles. The number of anilines is 2. The number of phenolic OH excluding ortho intramolecular Hbond substituents is 1. The van der Waals surface area contributed by atoms with Crippen LogP contribution in [-0.2, 0) is 0 Å². The molecule has 0 bridgehead atoms. The van der Waals surface area contributed by atoms with Gasteiger partial charge in [-0.05, 0) is 36.8 Å². The minimum Gasteiger partial charge on any atom is -0.508 e. The van der Waals surface area contributed by atoms with E-state index < -0.39 is 6.03 Å². The van der Waals surface area contributed by atoms with E-state index in [-0.39, 0.29) is 5.75 Å². The number of carbonyl (C=O) groups is 1. The Morgan fingerprint density at radius 1 is 1.15 bits per heavy atom. The number of hydrogen-bond acceptors (Lipinski definition) is 3. The van der Waals surface area contributed by atoms with E-state index in [0.717, 1.165) is 5.56 Å². The van der Waals surface area contributed by atoms with Crippen LogP contribution in [0.5, 0.6) is 5.75 Å². The van der Waals surface area contributed by atoms with Crippen molar-refractivity contribution in [3.8, 4) is 11.8 Å². The lowest BCUT2D eigenvalue weighted by Crippen LogP contribution is -2.19. The largest absolute Gasteiger partial charge is 0.508 e. The smallest absolute Gasteiger partial charge is 0.323 e. The molecule has 5 heteroatoms. The number of benzene rings is 2. The molecule has 0 saturated heterocycles. The molecule has 20 heavy (non-hydrogen) atoms. The van der Waals surface area contributed by atoms with Crippen molar-refractivity contribution >= 4 is 17.4 Å². The number of nitrogens with one attached hydrogen (secondary N) is 2. The molecule has 0 unspecified atom stereocenters. The van der Waals surface area contributed by atoms with Crippen LogP contribution in [0.1, 0.15) is 11.1 Å². The van der Waals surface area contributed by atoms with E-state index in [9.17, 15) is 9.90 Å². The zero-order chi connectivity index (χ0) is 14.5. The fraction of sp³-hybridized carbons (Fsp3) is 0.0667. The Kier molecular flexibility index (Phi) is 3.87. The Labute approximate surface area is 116 Å². The van der Waals surface area contributed by atoms with Gasteiger partial charge in [0.25, 0.3) is 0 Å². The number of hydrogen-bond donors (Lipinski definition) is 3. The van der Waals surface area contributed by atoms with Crippen molar-refractivity contribution in [1.82, 2.24) is 0 Å². The summed E-state index contributed by atoms with van der Waals surface area (Å²) >= 11 is 0. The van der Waals surface area contributed by atoms with E-state index in [1.54, 1.807) is 43.3 Å². The molecule has 0 spiro atoms. The normalized spacial score (nSPS) is 9.60. The van der Waals surface area contributed by atoms with Gasteiger partial charge in [0, 0.05) is 17.4 Å². The van der Waals surface area contributed by atoms with Crippen molar-refractivity contribution in [3.05, 3.63) is 53.6 Å². The standard InChI is InChI=1S/C15H13N3O2/c1-10-5-6-13(8-14(10)19)18-15(20)17-12-4-2-3-11(7-12)9-16/h2-8,19H,1H3,(H2,17,18,20). The maximum atomic E-state index is 11.8. The van der Waals surface area contributed by atoms with Crippen molar-refractivity contribution in [1.29, 1.82) is 5.26 Å². The average molecular weight is 267 g/mol. The number of urea groups is 1. The molecule has 3 N–H and O–H groups in total. The van der Waals surface area contributed by atoms with Crippen LogP contribution >= 0.6 is 0 Å². The van der Waals surface area contributed by atoms with Gasteiger partial charge in [0.1, 0.15) is 5.75 Å². The quantitative estimate of drug-likeness (QED) is 0.781. The number of phenols is 1. The second kappa shape index (κ2) is 5.76. The third-order valence-electron chi connectivity index (χ3n) is 2.72. The molecule has 0 aliphatic rings. The fourth-order valence-electron chi connectivity index (χ4n) is 1.65. The van der Waals surface area contributed by atoms with Crippen LogP contribution in [0.3, 0.4) is 0 Å². The van der Waals surface area contributed by atoms with Crippen LogP contribution in [0.25, 0.3) is 0 Å². The molecule has 0 atom stereocenters.